The van der Waals surface area contributed by atoms with E-state index in [4.69, 9.17) is 5.26 Å². The van der Waals surface area contributed by atoms with E-state index in [9.17, 15) is 9.90 Å². The molecule has 1 atom stereocenters. The quantitative estimate of drug-likeness (QED) is 0.854. The van der Waals surface area contributed by atoms with Crippen LogP contribution in [0.4, 0.5) is 5.82 Å². The Labute approximate surface area is 129 Å². The van der Waals surface area contributed by atoms with Gasteiger partial charge in [0.2, 0.25) is 5.91 Å². The summed E-state index contributed by atoms with van der Waals surface area (Å²) in [7, 11) is 0. The average molecular weight is 301 g/mol. The molecule has 2 heterocycles. The van der Waals surface area contributed by atoms with Crippen LogP contribution in [-0.2, 0) is 4.79 Å². The molecular weight excluding hydrogens is 282 g/mol. The van der Waals surface area contributed by atoms with Crippen molar-refractivity contribution < 1.29 is 9.90 Å². The van der Waals surface area contributed by atoms with Crippen molar-refractivity contribution in [1.82, 2.24) is 14.9 Å². The molecule has 0 unspecified atom stereocenters. The predicted octanol–water partition coefficient (Wildman–Crippen LogP) is 0.158. The van der Waals surface area contributed by atoms with Gasteiger partial charge < -0.3 is 14.9 Å². The van der Waals surface area contributed by atoms with Gasteiger partial charge in [0.1, 0.15) is 6.07 Å². The SMILES string of the molecule is N#Cc1nccnc1N1CCN(C(=O)CC2CC2)C[C@@H](O)C1. The molecule has 1 saturated carbocycles. The largest absolute Gasteiger partial charge is 0.389 e. The molecular formula is C15H19N5O2. The van der Waals surface area contributed by atoms with Crippen molar-refractivity contribution in [2.24, 2.45) is 5.92 Å². The molecule has 1 N–H and O–H groups in total. The second kappa shape index (κ2) is 6.28. The fraction of sp³-hybridized carbons (Fsp3) is 0.600. The molecule has 0 aromatic carbocycles. The van der Waals surface area contributed by atoms with Gasteiger partial charge in [0.15, 0.2) is 11.5 Å². The Morgan fingerprint density at radius 1 is 1.32 bits per heavy atom. The molecule has 1 saturated heterocycles. The van der Waals surface area contributed by atoms with Gasteiger partial charge in [-0.1, -0.05) is 0 Å². The molecule has 1 aromatic heterocycles. The van der Waals surface area contributed by atoms with Crippen LogP contribution in [0.1, 0.15) is 25.0 Å². The molecule has 0 spiro atoms. The van der Waals surface area contributed by atoms with E-state index in [1.165, 1.54) is 12.4 Å². The van der Waals surface area contributed by atoms with E-state index in [1.807, 2.05) is 11.0 Å². The summed E-state index contributed by atoms with van der Waals surface area (Å²) in [5.41, 5.74) is 0.243. The van der Waals surface area contributed by atoms with Crippen molar-refractivity contribution in [1.29, 1.82) is 5.26 Å². The van der Waals surface area contributed by atoms with E-state index in [1.54, 1.807) is 4.90 Å². The monoisotopic (exact) mass is 301 g/mol. The van der Waals surface area contributed by atoms with Gasteiger partial charge in [-0.2, -0.15) is 5.26 Å². The molecule has 0 bridgehead atoms. The molecule has 22 heavy (non-hydrogen) atoms. The van der Waals surface area contributed by atoms with Gasteiger partial charge in [0, 0.05) is 45.0 Å². The lowest BCUT2D eigenvalue weighted by Crippen LogP contribution is -2.37. The summed E-state index contributed by atoms with van der Waals surface area (Å²) in [6.45, 7) is 1.76. The minimum Gasteiger partial charge on any atom is -0.389 e. The molecule has 2 aliphatic rings. The molecule has 7 nitrogen and oxygen atoms in total. The van der Waals surface area contributed by atoms with Crippen LogP contribution >= 0.6 is 0 Å². The third kappa shape index (κ3) is 3.34. The summed E-state index contributed by atoms with van der Waals surface area (Å²) in [6.07, 6.45) is 5.21. The first-order valence-electron chi connectivity index (χ1n) is 7.59. The van der Waals surface area contributed by atoms with Crippen LogP contribution in [0.25, 0.3) is 0 Å². The fourth-order valence-corrected chi connectivity index (χ4v) is 2.75. The molecule has 3 rings (SSSR count). The highest BCUT2D eigenvalue weighted by Crippen LogP contribution is 2.33. The lowest BCUT2D eigenvalue weighted by Gasteiger charge is -2.22. The third-order valence-corrected chi connectivity index (χ3v) is 4.10. The van der Waals surface area contributed by atoms with E-state index < -0.39 is 6.10 Å². The van der Waals surface area contributed by atoms with Crippen LogP contribution in [0.5, 0.6) is 0 Å². The topological polar surface area (TPSA) is 93.4 Å². The lowest BCUT2D eigenvalue weighted by atomic mass is 10.2. The minimum absolute atomic E-state index is 0.114. The number of anilines is 1. The Bertz CT molecular complexity index is 596. The van der Waals surface area contributed by atoms with Gasteiger partial charge in [-0.3, -0.25) is 4.79 Å². The van der Waals surface area contributed by atoms with Crippen LogP contribution in [0.3, 0.4) is 0 Å². The van der Waals surface area contributed by atoms with Crippen LogP contribution in [0.15, 0.2) is 12.4 Å². The van der Waals surface area contributed by atoms with Gasteiger partial charge in [-0.25, -0.2) is 9.97 Å². The van der Waals surface area contributed by atoms with Crippen molar-refractivity contribution in [3.63, 3.8) is 0 Å². The maximum Gasteiger partial charge on any atom is 0.222 e. The first kappa shape index (κ1) is 14.7. The van der Waals surface area contributed by atoms with E-state index in [0.29, 0.717) is 44.3 Å². The number of nitrogens with zero attached hydrogens (tertiary/aromatic N) is 5. The number of carbonyl (C=O) groups excluding carboxylic acids is 1. The standard InChI is InChI=1S/C15H19N5O2/c16-8-13-15(18-4-3-17-13)20-6-5-19(9-12(21)10-20)14(22)7-11-1-2-11/h3-4,11-12,21H,1-2,5-7,9-10H2/t12-/m1/s1. The summed E-state index contributed by atoms with van der Waals surface area (Å²) in [4.78, 5) is 24.0. The van der Waals surface area contributed by atoms with Crippen molar-refractivity contribution in [2.45, 2.75) is 25.4 Å². The maximum atomic E-state index is 12.2. The van der Waals surface area contributed by atoms with Crippen LogP contribution in [-0.4, -0.2) is 58.2 Å². The summed E-state index contributed by atoms with van der Waals surface area (Å²) in [5, 5.41) is 19.3. The van der Waals surface area contributed by atoms with Gasteiger partial charge in [-0.15, -0.1) is 0 Å². The molecule has 1 aliphatic heterocycles. The molecule has 0 radical (unpaired) electrons. The number of rotatable bonds is 3. The molecule has 1 amide bonds. The van der Waals surface area contributed by atoms with Crippen LogP contribution in [0, 0.1) is 17.2 Å². The molecule has 2 fully saturated rings. The number of nitriles is 1. The van der Waals surface area contributed by atoms with E-state index >= 15 is 0 Å². The molecule has 1 aliphatic carbocycles. The predicted molar refractivity (Wildman–Crippen MR) is 78.9 cm³/mol. The lowest BCUT2D eigenvalue weighted by molar-refractivity contribution is -0.132. The van der Waals surface area contributed by atoms with Gasteiger partial charge in [-0.05, 0) is 18.8 Å². The fourth-order valence-electron chi connectivity index (χ4n) is 2.75. The number of amides is 1. The second-order valence-electron chi connectivity index (χ2n) is 5.93. The third-order valence-electron chi connectivity index (χ3n) is 4.10. The Balaban J connectivity index is 1.71. The minimum atomic E-state index is -0.654. The zero-order chi connectivity index (χ0) is 15.5. The highest BCUT2D eigenvalue weighted by atomic mass is 16.3. The molecule has 1 aromatic rings. The van der Waals surface area contributed by atoms with Gasteiger partial charge >= 0.3 is 0 Å². The zero-order valence-electron chi connectivity index (χ0n) is 12.4. The van der Waals surface area contributed by atoms with E-state index in [2.05, 4.69) is 9.97 Å². The van der Waals surface area contributed by atoms with Crippen molar-refractivity contribution in [3.05, 3.63) is 18.1 Å². The van der Waals surface area contributed by atoms with Crippen molar-refractivity contribution >= 4 is 11.7 Å². The Morgan fingerprint density at radius 2 is 2.09 bits per heavy atom. The smallest absolute Gasteiger partial charge is 0.222 e. The van der Waals surface area contributed by atoms with E-state index in [0.717, 1.165) is 12.8 Å². The van der Waals surface area contributed by atoms with E-state index in [-0.39, 0.29) is 11.6 Å². The van der Waals surface area contributed by atoms with Crippen LogP contribution < -0.4 is 4.90 Å². The number of hydrogen-bond donors (Lipinski definition) is 1. The zero-order valence-corrected chi connectivity index (χ0v) is 12.4. The van der Waals surface area contributed by atoms with Gasteiger partial charge in [0.25, 0.3) is 0 Å². The van der Waals surface area contributed by atoms with Crippen LogP contribution in [0.2, 0.25) is 0 Å². The summed E-state index contributed by atoms with van der Waals surface area (Å²) < 4.78 is 0. The number of aliphatic hydroxyl groups excluding tert-OH is 1. The average Bonchev–Trinajstić information content (AvgIpc) is 3.34. The second-order valence-corrected chi connectivity index (χ2v) is 5.93. The maximum absolute atomic E-state index is 12.2. The Hall–Kier alpha value is -2.20. The highest BCUT2D eigenvalue weighted by Gasteiger charge is 2.30. The van der Waals surface area contributed by atoms with Gasteiger partial charge in [0.05, 0.1) is 6.10 Å². The highest BCUT2D eigenvalue weighted by molar-refractivity contribution is 5.77. The molecule has 7 heteroatoms. The number of aliphatic hydroxyl groups is 1. The first-order chi connectivity index (χ1) is 10.7. The first-order valence-corrected chi connectivity index (χ1v) is 7.59. The number of carbonyl (C=O) groups is 1. The number of aromatic nitrogens is 2. The Morgan fingerprint density at radius 3 is 2.82 bits per heavy atom. The van der Waals surface area contributed by atoms with Crippen molar-refractivity contribution in [2.75, 3.05) is 31.1 Å². The Kier molecular flexibility index (Phi) is 4.20. The summed E-state index contributed by atoms with van der Waals surface area (Å²) in [5.74, 6) is 1.12. The van der Waals surface area contributed by atoms with Crippen molar-refractivity contribution in [3.8, 4) is 6.07 Å². The molecule has 116 valence electrons. The number of β-amino-alcohol motifs (C(OH)–C–C–N with tert-alkyl or cyclic N) is 1. The summed E-state index contributed by atoms with van der Waals surface area (Å²) in [6, 6.07) is 2.02. The summed E-state index contributed by atoms with van der Waals surface area (Å²) >= 11 is 0. The normalized spacial score (nSPS) is 22.1. The number of hydrogen-bond acceptors (Lipinski definition) is 6.